The van der Waals surface area contributed by atoms with Gasteiger partial charge < -0.3 is 14.2 Å². The van der Waals surface area contributed by atoms with Crippen molar-refractivity contribution in [2.75, 3.05) is 6.54 Å². The maximum absolute atomic E-state index is 13.2. The number of nitrogens with zero attached hydrogens (tertiary/aromatic N) is 4. The normalized spacial score (nSPS) is 16.5. The third kappa shape index (κ3) is 4.16. The Morgan fingerprint density at radius 1 is 1.29 bits per heavy atom. The average molecular weight is 435 g/mol. The van der Waals surface area contributed by atoms with Crippen molar-refractivity contribution >= 4 is 27.5 Å². The van der Waals surface area contributed by atoms with E-state index in [4.69, 9.17) is 9.26 Å². The summed E-state index contributed by atoms with van der Waals surface area (Å²) in [5.74, 6) is 1.09. The van der Waals surface area contributed by atoms with E-state index in [1.165, 1.54) is 0 Å². The molecule has 4 heterocycles. The molecular weight excluding hydrogens is 412 g/mol. The molecule has 0 bridgehead atoms. The standard InChI is InChI=1S/C23H22N4O3S/c1-15-25-19-11-17(7-8-22(19)31-15)29-14-18-12-20(26-30-18)23(28)27-10-3-2-6-21(27)16-5-4-9-24-13-16/h4-5,7-9,11-13,21H,2-3,6,10,14H2,1H3/t21-/m0/s1. The van der Waals surface area contributed by atoms with Crippen molar-refractivity contribution in [2.24, 2.45) is 0 Å². The molecule has 7 nitrogen and oxygen atoms in total. The number of ether oxygens (including phenoxy) is 1. The van der Waals surface area contributed by atoms with E-state index < -0.39 is 0 Å². The molecule has 1 aromatic carbocycles. The van der Waals surface area contributed by atoms with E-state index in [0.717, 1.165) is 40.1 Å². The number of likely N-dealkylation sites (tertiary alicyclic amines) is 1. The van der Waals surface area contributed by atoms with Crippen LogP contribution in [0.1, 0.15) is 52.1 Å². The molecule has 1 aliphatic heterocycles. The Kier molecular flexibility index (Phi) is 5.38. The number of pyridine rings is 1. The van der Waals surface area contributed by atoms with Crippen molar-refractivity contribution in [2.45, 2.75) is 38.8 Å². The lowest BCUT2D eigenvalue weighted by Crippen LogP contribution is -2.38. The molecule has 158 valence electrons. The number of rotatable bonds is 5. The first kappa shape index (κ1) is 19.7. The molecule has 0 saturated carbocycles. The summed E-state index contributed by atoms with van der Waals surface area (Å²) in [6, 6.07) is 11.4. The Balaban J connectivity index is 1.28. The van der Waals surface area contributed by atoms with Crippen molar-refractivity contribution in [1.29, 1.82) is 0 Å². The molecule has 8 heteroatoms. The molecule has 1 amide bonds. The molecule has 5 rings (SSSR count). The molecule has 0 spiro atoms. The second-order valence-electron chi connectivity index (χ2n) is 7.63. The Bertz CT molecular complexity index is 1200. The Labute approximate surface area is 183 Å². The van der Waals surface area contributed by atoms with Gasteiger partial charge in [-0.3, -0.25) is 9.78 Å². The number of carbonyl (C=O) groups is 1. The summed E-state index contributed by atoms with van der Waals surface area (Å²) >= 11 is 1.65. The van der Waals surface area contributed by atoms with Crippen LogP contribution in [0.15, 0.2) is 53.3 Å². The smallest absolute Gasteiger partial charge is 0.276 e. The average Bonchev–Trinajstić information content (AvgIpc) is 3.43. The van der Waals surface area contributed by atoms with Gasteiger partial charge in [-0.1, -0.05) is 11.2 Å². The number of fused-ring (bicyclic) bond motifs is 1. The van der Waals surface area contributed by atoms with Gasteiger partial charge in [-0.05, 0) is 49.9 Å². The van der Waals surface area contributed by atoms with Crippen molar-refractivity contribution in [3.63, 3.8) is 0 Å². The number of hydrogen-bond acceptors (Lipinski definition) is 7. The maximum atomic E-state index is 13.2. The van der Waals surface area contributed by atoms with E-state index in [1.54, 1.807) is 23.6 Å². The summed E-state index contributed by atoms with van der Waals surface area (Å²) < 4.78 is 12.3. The topological polar surface area (TPSA) is 81.4 Å². The van der Waals surface area contributed by atoms with Gasteiger partial charge in [0.05, 0.1) is 21.3 Å². The van der Waals surface area contributed by atoms with E-state index in [0.29, 0.717) is 23.7 Å². The summed E-state index contributed by atoms with van der Waals surface area (Å²) in [6.45, 7) is 2.88. The van der Waals surface area contributed by atoms with Crippen LogP contribution in [-0.4, -0.2) is 32.5 Å². The molecule has 4 aromatic rings. The fourth-order valence-corrected chi connectivity index (χ4v) is 4.80. The molecular formula is C23H22N4O3S. The number of thiazole rings is 1. The van der Waals surface area contributed by atoms with Gasteiger partial charge in [0.25, 0.3) is 5.91 Å². The number of carbonyl (C=O) groups excluding carboxylic acids is 1. The van der Waals surface area contributed by atoms with Crippen LogP contribution in [0.3, 0.4) is 0 Å². The zero-order valence-electron chi connectivity index (χ0n) is 17.2. The molecule has 1 aliphatic rings. The molecule has 1 atom stereocenters. The summed E-state index contributed by atoms with van der Waals surface area (Å²) in [5, 5.41) is 5.03. The van der Waals surface area contributed by atoms with Gasteiger partial charge in [-0.15, -0.1) is 11.3 Å². The van der Waals surface area contributed by atoms with Crippen LogP contribution < -0.4 is 4.74 Å². The van der Waals surface area contributed by atoms with E-state index in [2.05, 4.69) is 15.1 Å². The highest BCUT2D eigenvalue weighted by Gasteiger charge is 2.30. The van der Waals surface area contributed by atoms with Gasteiger partial charge in [0.2, 0.25) is 0 Å². The van der Waals surface area contributed by atoms with Crippen LogP contribution in [0.25, 0.3) is 10.2 Å². The summed E-state index contributed by atoms with van der Waals surface area (Å²) in [6.07, 6.45) is 6.57. The summed E-state index contributed by atoms with van der Waals surface area (Å²) in [4.78, 5) is 23.7. The predicted octanol–water partition coefficient (Wildman–Crippen LogP) is 4.93. The molecule has 3 aromatic heterocycles. The SMILES string of the molecule is Cc1nc2cc(OCc3cc(C(=O)N4CCCC[C@H]4c4cccnc4)no3)ccc2s1. The molecule has 0 radical (unpaired) electrons. The summed E-state index contributed by atoms with van der Waals surface area (Å²) in [5.41, 5.74) is 2.27. The first-order valence-electron chi connectivity index (χ1n) is 10.3. The first-order valence-corrected chi connectivity index (χ1v) is 11.2. The highest BCUT2D eigenvalue weighted by Crippen LogP contribution is 2.32. The minimum atomic E-state index is -0.122. The first-order chi connectivity index (χ1) is 15.2. The largest absolute Gasteiger partial charge is 0.485 e. The van der Waals surface area contributed by atoms with Crippen molar-refractivity contribution in [1.82, 2.24) is 20.0 Å². The van der Waals surface area contributed by atoms with Crippen molar-refractivity contribution in [3.05, 3.63) is 70.8 Å². The number of piperidine rings is 1. The lowest BCUT2D eigenvalue weighted by molar-refractivity contribution is 0.0600. The quantitative estimate of drug-likeness (QED) is 0.443. The molecule has 1 saturated heterocycles. The Morgan fingerprint density at radius 2 is 2.23 bits per heavy atom. The molecule has 0 unspecified atom stereocenters. The molecule has 0 N–H and O–H groups in total. The van der Waals surface area contributed by atoms with Crippen LogP contribution in [0.2, 0.25) is 0 Å². The zero-order valence-corrected chi connectivity index (χ0v) is 18.0. The molecule has 1 fully saturated rings. The minimum Gasteiger partial charge on any atom is -0.485 e. The fraction of sp³-hybridized carbons (Fsp3) is 0.304. The van der Waals surface area contributed by atoms with Crippen molar-refractivity contribution in [3.8, 4) is 5.75 Å². The van der Waals surface area contributed by atoms with Crippen molar-refractivity contribution < 1.29 is 14.1 Å². The lowest BCUT2D eigenvalue weighted by Gasteiger charge is -2.35. The second kappa shape index (κ2) is 8.47. The van der Waals surface area contributed by atoms with E-state index >= 15 is 0 Å². The number of hydrogen-bond donors (Lipinski definition) is 0. The summed E-state index contributed by atoms with van der Waals surface area (Å²) in [7, 11) is 0. The van der Waals surface area contributed by atoms with Crippen LogP contribution in [0.4, 0.5) is 0 Å². The van der Waals surface area contributed by atoms with Crippen LogP contribution >= 0.6 is 11.3 Å². The van der Waals surface area contributed by atoms with Crippen LogP contribution in [0.5, 0.6) is 5.75 Å². The van der Waals surface area contributed by atoms with Gasteiger partial charge in [-0.25, -0.2) is 4.98 Å². The third-order valence-electron chi connectivity index (χ3n) is 5.46. The number of amides is 1. The number of benzene rings is 1. The van der Waals surface area contributed by atoms with Gasteiger partial charge >= 0.3 is 0 Å². The highest BCUT2D eigenvalue weighted by atomic mass is 32.1. The second-order valence-corrected chi connectivity index (χ2v) is 8.86. The monoisotopic (exact) mass is 434 g/mol. The predicted molar refractivity (Wildman–Crippen MR) is 117 cm³/mol. The zero-order chi connectivity index (χ0) is 21.2. The van der Waals surface area contributed by atoms with E-state index in [-0.39, 0.29) is 18.6 Å². The number of aryl methyl sites for hydroxylation is 1. The lowest BCUT2D eigenvalue weighted by atomic mass is 9.96. The highest BCUT2D eigenvalue weighted by molar-refractivity contribution is 7.18. The van der Waals surface area contributed by atoms with E-state index in [9.17, 15) is 4.79 Å². The maximum Gasteiger partial charge on any atom is 0.276 e. The fourth-order valence-electron chi connectivity index (χ4n) is 3.99. The number of aromatic nitrogens is 3. The van der Waals surface area contributed by atoms with E-state index in [1.807, 2.05) is 48.4 Å². The third-order valence-corrected chi connectivity index (χ3v) is 6.41. The van der Waals surface area contributed by atoms with Gasteiger partial charge in [0.15, 0.2) is 11.5 Å². The van der Waals surface area contributed by atoms with Gasteiger partial charge in [0.1, 0.15) is 12.4 Å². The Hall–Kier alpha value is -3.26. The Morgan fingerprint density at radius 3 is 3.10 bits per heavy atom. The van der Waals surface area contributed by atoms with Gasteiger partial charge in [0, 0.05) is 31.1 Å². The van der Waals surface area contributed by atoms with Gasteiger partial charge in [-0.2, -0.15) is 0 Å². The van der Waals surface area contributed by atoms with Crippen LogP contribution in [-0.2, 0) is 6.61 Å². The molecule has 0 aliphatic carbocycles. The van der Waals surface area contributed by atoms with Crippen LogP contribution in [0, 0.1) is 6.92 Å². The molecule has 31 heavy (non-hydrogen) atoms. The minimum absolute atomic E-state index is 0.0136.